The fourth-order valence-corrected chi connectivity index (χ4v) is 0.199. The van der Waals surface area contributed by atoms with Gasteiger partial charge in [-0.15, -0.1) is 0 Å². The minimum atomic E-state index is -0.940. The lowest BCUT2D eigenvalue weighted by atomic mass is 10.3. The van der Waals surface area contributed by atoms with Crippen molar-refractivity contribution in [2.75, 3.05) is 7.05 Å². The molecule has 1 N–H and O–H groups in total. The van der Waals surface area contributed by atoms with Gasteiger partial charge in [-0.2, -0.15) is 0 Å². The Kier molecular flexibility index (Phi) is 2.41. The summed E-state index contributed by atoms with van der Waals surface area (Å²) in [6.07, 6.45) is -0.940. The summed E-state index contributed by atoms with van der Waals surface area (Å²) in [5, 5.41) is 2.59. The smallest absolute Gasteiger partial charge is 0.136 e. The lowest BCUT2D eigenvalue weighted by Crippen LogP contribution is -2.12. The van der Waals surface area contributed by atoms with Gasteiger partial charge >= 0.3 is 0 Å². The first-order chi connectivity index (χ1) is 3.18. The fraction of sp³-hybridized carbons (Fsp3) is 0.600. The van der Waals surface area contributed by atoms with Crippen molar-refractivity contribution in [3.63, 3.8) is 0 Å². The van der Waals surface area contributed by atoms with Crippen molar-refractivity contribution < 1.29 is 4.39 Å². The fourth-order valence-electron chi connectivity index (χ4n) is 0.199. The molecule has 2 heteroatoms. The topological polar surface area (TPSA) is 12.0 Å². The molecule has 0 fully saturated rings. The van der Waals surface area contributed by atoms with Crippen molar-refractivity contribution in [1.29, 1.82) is 0 Å². The van der Waals surface area contributed by atoms with Crippen LogP contribution < -0.4 is 5.32 Å². The molecule has 42 valence electrons. The highest BCUT2D eigenvalue weighted by atomic mass is 19.1. The minimum Gasteiger partial charge on any atom is -0.390 e. The molecule has 0 amide bonds. The highest BCUT2D eigenvalue weighted by molar-refractivity contribution is 4.95. The molecule has 0 aliphatic heterocycles. The summed E-state index contributed by atoms with van der Waals surface area (Å²) in [6, 6.07) is 0. The third-order valence-electron chi connectivity index (χ3n) is 0.801. The normalized spacial score (nSPS) is 13.0. The molecule has 0 heterocycles. The summed E-state index contributed by atoms with van der Waals surface area (Å²) < 4.78 is 11.9. The molecule has 0 aromatic carbocycles. The van der Waals surface area contributed by atoms with Crippen LogP contribution in [-0.4, -0.2) is 13.2 Å². The van der Waals surface area contributed by atoms with E-state index in [2.05, 4.69) is 11.9 Å². The second-order valence-corrected chi connectivity index (χ2v) is 1.39. The molecule has 0 aromatic heterocycles. The molecule has 0 saturated heterocycles. The van der Waals surface area contributed by atoms with E-state index in [-0.39, 0.29) is 0 Å². The maximum atomic E-state index is 11.9. The van der Waals surface area contributed by atoms with Gasteiger partial charge in [0, 0.05) is 12.7 Å². The highest BCUT2D eigenvalue weighted by Gasteiger charge is 1.97. The molecule has 0 rings (SSSR count). The van der Waals surface area contributed by atoms with Gasteiger partial charge in [0.1, 0.15) is 6.17 Å². The molecule has 0 aliphatic rings. The van der Waals surface area contributed by atoms with Crippen LogP contribution in [0.15, 0.2) is 12.3 Å². The number of alkyl halides is 1. The lowest BCUT2D eigenvalue weighted by molar-refractivity contribution is 0.398. The Morgan fingerprint density at radius 1 is 1.86 bits per heavy atom. The lowest BCUT2D eigenvalue weighted by Gasteiger charge is -2.02. The van der Waals surface area contributed by atoms with Gasteiger partial charge in [0.2, 0.25) is 0 Å². The van der Waals surface area contributed by atoms with E-state index in [1.165, 1.54) is 6.92 Å². The molecule has 0 aliphatic carbocycles. The van der Waals surface area contributed by atoms with Gasteiger partial charge in [-0.25, -0.2) is 4.39 Å². The van der Waals surface area contributed by atoms with Crippen molar-refractivity contribution >= 4 is 0 Å². The third-order valence-corrected chi connectivity index (χ3v) is 0.801. The number of rotatable bonds is 2. The maximum absolute atomic E-state index is 11.9. The minimum absolute atomic E-state index is 0.431. The van der Waals surface area contributed by atoms with Gasteiger partial charge in [0.15, 0.2) is 0 Å². The number of hydrogen-bond donors (Lipinski definition) is 1. The van der Waals surface area contributed by atoms with Crippen LogP contribution in [0.1, 0.15) is 6.92 Å². The molecule has 0 radical (unpaired) electrons. The standard InChI is InChI=1S/C5H10FN/c1-4(6)5(2)7-3/h4,7H,2H2,1,3H3. The Labute approximate surface area is 43.2 Å². The molecule has 0 spiro atoms. The van der Waals surface area contributed by atoms with E-state index in [1.807, 2.05) is 0 Å². The van der Waals surface area contributed by atoms with Crippen LogP contribution in [0.2, 0.25) is 0 Å². The predicted molar refractivity (Wildman–Crippen MR) is 28.8 cm³/mol. The molecule has 1 unspecified atom stereocenters. The van der Waals surface area contributed by atoms with Crippen molar-refractivity contribution in [2.24, 2.45) is 0 Å². The van der Waals surface area contributed by atoms with Gasteiger partial charge in [0.25, 0.3) is 0 Å². The molecule has 0 aromatic rings. The quantitative estimate of drug-likeness (QED) is 0.551. The zero-order valence-electron chi connectivity index (χ0n) is 4.66. The maximum Gasteiger partial charge on any atom is 0.136 e. The van der Waals surface area contributed by atoms with E-state index >= 15 is 0 Å². The first-order valence-corrected chi connectivity index (χ1v) is 2.19. The number of halogens is 1. The largest absolute Gasteiger partial charge is 0.390 e. The van der Waals surface area contributed by atoms with E-state index < -0.39 is 6.17 Å². The second kappa shape index (κ2) is 2.61. The monoisotopic (exact) mass is 103 g/mol. The molecule has 7 heavy (non-hydrogen) atoms. The number of hydrogen-bond acceptors (Lipinski definition) is 1. The molecular formula is C5H10FN. The number of nitrogens with one attached hydrogen (secondary N) is 1. The van der Waals surface area contributed by atoms with Gasteiger partial charge in [0.05, 0.1) is 0 Å². The molecule has 1 nitrogen and oxygen atoms in total. The number of allylic oxidation sites excluding steroid dienone is 1. The van der Waals surface area contributed by atoms with Gasteiger partial charge < -0.3 is 5.32 Å². The summed E-state index contributed by atoms with van der Waals surface area (Å²) in [5.41, 5.74) is 0.431. The zero-order chi connectivity index (χ0) is 5.86. The van der Waals surface area contributed by atoms with E-state index in [0.29, 0.717) is 5.70 Å². The Morgan fingerprint density at radius 3 is 2.29 bits per heavy atom. The first kappa shape index (κ1) is 6.47. The molecular weight excluding hydrogens is 93.1 g/mol. The van der Waals surface area contributed by atoms with Crippen LogP contribution in [0.3, 0.4) is 0 Å². The SMILES string of the molecule is C=C(NC)C(C)F. The van der Waals surface area contributed by atoms with Crippen LogP contribution in [-0.2, 0) is 0 Å². The summed E-state index contributed by atoms with van der Waals surface area (Å²) >= 11 is 0. The van der Waals surface area contributed by atoms with Crippen molar-refractivity contribution in [3.05, 3.63) is 12.3 Å². The van der Waals surface area contributed by atoms with E-state index in [9.17, 15) is 4.39 Å². The highest BCUT2D eigenvalue weighted by Crippen LogP contribution is 1.95. The van der Waals surface area contributed by atoms with Crippen LogP contribution in [0.4, 0.5) is 4.39 Å². The van der Waals surface area contributed by atoms with Gasteiger partial charge in [-0.05, 0) is 6.92 Å². The first-order valence-electron chi connectivity index (χ1n) is 2.19. The van der Waals surface area contributed by atoms with Crippen LogP contribution in [0.25, 0.3) is 0 Å². The Hall–Kier alpha value is -0.530. The Bertz CT molecular complexity index is 68.5. The van der Waals surface area contributed by atoms with Crippen LogP contribution in [0, 0.1) is 0 Å². The Balaban J connectivity index is 3.35. The average molecular weight is 103 g/mol. The van der Waals surface area contributed by atoms with Crippen LogP contribution >= 0.6 is 0 Å². The summed E-state index contributed by atoms with van der Waals surface area (Å²) in [7, 11) is 1.65. The molecule has 0 bridgehead atoms. The van der Waals surface area contributed by atoms with Gasteiger partial charge in [-0.3, -0.25) is 0 Å². The van der Waals surface area contributed by atoms with Crippen molar-refractivity contribution in [1.82, 2.24) is 5.32 Å². The van der Waals surface area contributed by atoms with E-state index in [1.54, 1.807) is 7.05 Å². The summed E-state index contributed by atoms with van der Waals surface area (Å²) in [5.74, 6) is 0. The van der Waals surface area contributed by atoms with Crippen LogP contribution in [0.5, 0.6) is 0 Å². The van der Waals surface area contributed by atoms with Crippen molar-refractivity contribution in [2.45, 2.75) is 13.1 Å². The zero-order valence-corrected chi connectivity index (χ0v) is 4.66. The third kappa shape index (κ3) is 2.20. The average Bonchev–Trinajstić information content (AvgIpc) is 1.65. The second-order valence-electron chi connectivity index (χ2n) is 1.39. The molecule has 0 saturated carbocycles. The molecule has 1 atom stereocenters. The summed E-state index contributed by atoms with van der Waals surface area (Å²) in [6.45, 7) is 4.83. The predicted octanol–water partition coefficient (Wildman–Crippen LogP) is 1.08. The summed E-state index contributed by atoms with van der Waals surface area (Å²) in [4.78, 5) is 0. The van der Waals surface area contributed by atoms with Crippen molar-refractivity contribution in [3.8, 4) is 0 Å². The van der Waals surface area contributed by atoms with E-state index in [4.69, 9.17) is 0 Å². The van der Waals surface area contributed by atoms with E-state index in [0.717, 1.165) is 0 Å². The Morgan fingerprint density at radius 2 is 2.29 bits per heavy atom. The van der Waals surface area contributed by atoms with Gasteiger partial charge in [-0.1, -0.05) is 6.58 Å².